The number of hydrogen-bond donors (Lipinski definition) is 0. The SMILES string of the molecule is CC(C)(C)[Si](OC[C@@H](Cl)[C@@H](Cl)c1ccccc1)(c1ccccc1)c1ccccc1. The number of rotatable bonds is 7. The minimum atomic E-state index is -2.60. The molecule has 4 heteroatoms. The third-order valence-corrected chi connectivity index (χ3v) is 11.4. The van der Waals surface area contributed by atoms with Crippen molar-refractivity contribution >= 4 is 41.9 Å². The molecule has 0 spiro atoms. The maximum Gasteiger partial charge on any atom is 0.261 e. The highest BCUT2D eigenvalue weighted by Gasteiger charge is 2.50. The average Bonchev–Trinajstić information content (AvgIpc) is 2.74. The fourth-order valence-corrected chi connectivity index (χ4v) is 9.01. The van der Waals surface area contributed by atoms with E-state index in [-0.39, 0.29) is 15.8 Å². The third kappa shape index (κ3) is 4.78. The molecule has 3 aromatic rings. The molecule has 0 aliphatic heterocycles. The van der Waals surface area contributed by atoms with Gasteiger partial charge in [0.25, 0.3) is 8.32 Å². The number of alkyl halides is 2. The van der Waals surface area contributed by atoms with Crippen molar-refractivity contribution in [3.63, 3.8) is 0 Å². The average molecular weight is 443 g/mol. The molecule has 3 rings (SSSR count). The lowest BCUT2D eigenvalue weighted by Crippen LogP contribution is -2.67. The van der Waals surface area contributed by atoms with Crippen molar-refractivity contribution in [2.45, 2.75) is 36.6 Å². The standard InChI is InChI=1S/C25H28Cl2OSi/c1-25(2,3)29(21-15-9-5-10-16-21,22-17-11-6-12-18-22)28-19-23(26)24(27)20-13-7-4-8-14-20/h4-18,23-24H,19H2,1-3H3/t23-,24+/m1/s1. The molecule has 152 valence electrons. The van der Waals surface area contributed by atoms with E-state index in [4.69, 9.17) is 27.6 Å². The van der Waals surface area contributed by atoms with Crippen molar-refractivity contribution in [2.75, 3.05) is 6.61 Å². The molecule has 29 heavy (non-hydrogen) atoms. The van der Waals surface area contributed by atoms with E-state index < -0.39 is 8.32 Å². The van der Waals surface area contributed by atoms with Crippen molar-refractivity contribution in [2.24, 2.45) is 0 Å². The fraction of sp³-hybridized carbons (Fsp3) is 0.280. The normalized spacial score (nSPS) is 14.4. The van der Waals surface area contributed by atoms with Gasteiger partial charge in [-0.25, -0.2) is 0 Å². The molecule has 1 nitrogen and oxygen atoms in total. The molecule has 0 fully saturated rings. The molecule has 0 heterocycles. The predicted molar refractivity (Wildman–Crippen MR) is 128 cm³/mol. The van der Waals surface area contributed by atoms with Gasteiger partial charge in [0, 0.05) is 0 Å². The van der Waals surface area contributed by atoms with Crippen LogP contribution in [0.4, 0.5) is 0 Å². The van der Waals surface area contributed by atoms with Crippen LogP contribution in [0.15, 0.2) is 91.0 Å². The summed E-state index contributed by atoms with van der Waals surface area (Å²) >= 11 is 13.5. The molecule has 0 amide bonds. The van der Waals surface area contributed by atoms with Crippen molar-refractivity contribution in [1.29, 1.82) is 0 Å². The highest BCUT2D eigenvalue weighted by Crippen LogP contribution is 2.38. The van der Waals surface area contributed by atoms with Crippen molar-refractivity contribution in [3.8, 4) is 0 Å². The van der Waals surface area contributed by atoms with Crippen LogP contribution in [0, 0.1) is 0 Å². The van der Waals surface area contributed by atoms with Gasteiger partial charge in [-0.3, -0.25) is 0 Å². The zero-order chi connectivity index (χ0) is 20.9. The van der Waals surface area contributed by atoms with Crippen LogP contribution in [0.25, 0.3) is 0 Å². The smallest absolute Gasteiger partial charge is 0.261 e. The Hall–Kier alpha value is -1.58. The fourth-order valence-electron chi connectivity index (χ4n) is 3.90. The monoisotopic (exact) mass is 442 g/mol. The van der Waals surface area contributed by atoms with Crippen LogP contribution in [-0.4, -0.2) is 20.3 Å². The van der Waals surface area contributed by atoms with E-state index in [1.807, 2.05) is 42.5 Å². The Morgan fingerprint density at radius 3 is 1.55 bits per heavy atom. The summed E-state index contributed by atoms with van der Waals surface area (Å²) in [4.78, 5) is 0. The van der Waals surface area contributed by atoms with Crippen molar-refractivity contribution in [3.05, 3.63) is 96.6 Å². The summed E-state index contributed by atoms with van der Waals surface area (Å²) < 4.78 is 6.89. The van der Waals surface area contributed by atoms with Crippen LogP contribution in [0.2, 0.25) is 5.04 Å². The highest BCUT2D eigenvalue weighted by molar-refractivity contribution is 6.99. The Morgan fingerprint density at radius 1 is 0.724 bits per heavy atom. The van der Waals surface area contributed by atoms with Crippen molar-refractivity contribution in [1.82, 2.24) is 0 Å². The van der Waals surface area contributed by atoms with E-state index in [0.29, 0.717) is 6.61 Å². The lowest BCUT2D eigenvalue weighted by atomic mass is 10.1. The number of halogens is 2. The Balaban J connectivity index is 1.98. The van der Waals surface area contributed by atoms with Crippen LogP contribution >= 0.6 is 23.2 Å². The minimum absolute atomic E-state index is 0.0825. The van der Waals surface area contributed by atoms with E-state index >= 15 is 0 Å². The Bertz CT molecular complexity index is 839. The van der Waals surface area contributed by atoms with E-state index in [9.17, 15) is 0 Å². The van der Waals surface area contributed by atoms with Gasteiger partial charge in [-0.2, -0.15) is 0 Å². The van der Waals surface area contributed by atoms with Gasteiger partial charge >= 0.3 is 0 Å². The summed E-state index contributed by atoms with van der Waals surface area (Å²) in [5.74, 6) is 0. The molecule has 0 bridgehead atoms. The molecule has 0 radical (unpaired) electrons. The van der Waals surface area contributed by atoms with Crippen molar-refractivity contribution < 1.29 is 4.43 Å². The maximum atomic E-state index is 6.89. The van der Waals surface area contributed by atoms with Gasteiger partial charge in [0.05, 0.1) is 17.4 Å². The molecule has 0 N–H and O–H groups in total. The number of benzene rings is 3. The first-order valence-corrected chi connectivity index (χ1v) is 12.7. The Labute approximate surface area is 185 Å². The second kappa shape index (κ2) is 9.49. The summed E-state index contributed by atoms with van der Waals surface area (Å²) in [5.41, 5.74) is 1.01. The van der Waals surface area contributed by atoms with E-state index in [2.05, 4.69) is 69.3 Å². The second-order valence-electron chi connectivity index (χ2n) is 8.30. The molecule has 0 saturated heterocycles. The van der Waals surface area contributed by atoms with Gasteiger partial charge in [0.1, 0.15) is 0 Å². The van der Waals surface area contributed by atoms with Gasteiger partial charge in [-0.05, 0) is 21.0 Å². The molecule has 0 saturated carbocycles. The zero-order valence-electron chi connectivity index (χ0n) is 17.2. The van der Waals surface area contributed by atoms with Crippen LogP contribution in [0.5, 0.6) is 0 Å². The topological polar surface area (TPSA) is 9.23 Å². The largest absolute Gasteiger partial charge is 0.406 e. The zero-order valence-corrected chi connectivity index (χ0v) is 19.7. The number of hydrogen-bond acceptors (Lipinski definition) is 1. The second-order valence-corrected chi connectivity index (χ2v) is 13.6. The summed E-state index contributed by atoms with van der Waals surface area (Å²) in [5, 5.41) is 1.76. The first-order valence-electron chi connectivity index (χ1n) is 9.94. The molecule has 0 aromatic heterocycles. The minimum Gasteiger partial charge on any atom is -0.406 e. The maximum absolute atomic E-state index is 6.89. The van der Waals surface area contributed by atoms with Crippen LogP contribution in [0.3, 0.4) is 0 Å². The summed E-state index contributed by atoms with van der Waals surface area (Å²) in [7, 11) is -2.60. The van der Waals surface area contributed by atoms with Crippen LogP contribution in [-0.2, 0) is 4.43 Å². The van der Waals surface area contributed by atoms with E-state index in [1.165, 1.54) is 10.4 Å². The molecular weight excluding hydrogens is 415 g/mol. The lowest BCUT2D eigenvalue weighted by molar-refractivity contribution is 0.293. The summed E-state index contributed by atoms with van der Waals surface area (Å²) in [6.45, 7) is 7.17. The lowest BCUT2D eigenvalue weighted by Gasteiger charge is -2.43. The summed E-state index contributed by atoms with van der Waals surface area (Å²) in [6.07, 6.45) is 0. The van der Waals surface area contributed by atoms with Gasteiger partial charge in [0.2, 0.25) is 0 Å². The van der Waals surface area contributed by atoms with Gasteiger partial charge in [-0.15, -0.1) is 23.2 Å². The molecule has 2 atom stereocenters. The highest BCUT2D eigenvalue weighted by atomic mass is 35.5. The van der Waals surface area contributed by atoms with Gasteiger partial charge < -0.3 is 4.43 Å². The van der Waals surface area contributed by atoms with Gasteiger partial charge in [-0.1, -0.05) is 112 Å². The van der Waals surface area contributed by atoms with E-state index in [1.54, 1.807) is 0 Å². The molecule has 0 aliphatic rings. The predicted octanol–water partition coefficient (Wildman–Crippen LogP) is 6.15. The summed E-state index contributed by atoms with van der Waals surface area (Å²) in [6, 6.07) is 31.1. The van der Waals surface area contributed by atoms with Crippen LogP contribution < -0.4 is 10.4 Å². The molecule has 3 aromatic carbocycles. The molecular formula is C25H28Cl2OSi. The Kier molecular flexibility index (Phi) is 7.23. The quantitative estimate of drug-likeness (QED) is 0.314. The molecule has 0 unspecified atom stereocenters. The first kappa shape index (κ1) is 22.1. The van der Waals surface area contributed by atoms with Crippen LogP contribution in [0.1, 0.15) is 31.7 Å². The third-order valence-electron chi connectivity index (χ3n) is 5.31. The van der Waals surface area contributed by atoms with Gasteiger partial charge in [0.15, 0.2) is 0 Å². The first-order chi connectivity index (χ1) is 13.9. The van der Waals surface area contributed by atoms with E-state index in [0.717, 1.165) is 5.56 Å². The molecule has 0 aliphatic carbocycles. The Morgan fingerprint density at radius 2 is 1.14 bits per heavy atom.